The Labute approximate surface area is 138 Å². The van der Waals surface area contributed by atoms with Crippen molar-refractivity contribution in [3.05, 3.63) is 72.2 Å². The van der Waals surface area contributed by atoms with Gasteiger partial charge in [0, 0.05) is 5.56 Å². The van der Waals surface area contributed by atoms with Gasteiger partial charge in [-0.25, -0.2) is 17.7 Å². The number of nitrogens with zero attached hydrogens (tertiary/aromatic N) is 2. The van der Waals surface area contributed by atoms with Gasteiger partial charge in [-0.3, -0.25) is 4.79 Å². The van der Waals surface area contributed by atoms with Crippen molar-refractivity contribution in [2.24, 2.45) is 0 Å². The van der Waals surface area contributed by atoms with Crippen molar-refractivity contribution < 1.29 is 17.6 Å². The maximum Gasteiger partial charge on any atom is 0.269 e. The van der Waals surface area contributed by atoms with E-state index in [4.69, 9.17) is 4.42 Å². The summed E-state index contributed by atoms with van der Waals surface area (Å²) in [4.78, 5) is 16.5. The summed E-state index contributed by atoms with van der Waals surface area (Å²) in [6, 6.07) is 15.5. The predicted octanol–water partition coefficient (Wildman–Crippen LogP) is 2.69. The first kappa shape index (κ1) is 14.6. The largest absolute Gasteiger partial charge is 0.439 e. The van der Waals surface area contributed by atoms with Crippen molar-refractivity contribution in [3.63, 3.8) is 0 Å². The van der Waals surface area contributed by atoms with Crippen LogP contribution < -0.4 is 0 Å². The summed E-state index contributed by atoms with van der Waals surface area (Å²) in [6.45, 7) is -0.233. The molecule has 3 aromatic rings. The molecular weight excluding hydrogens is 328 g/mol. The molecule has 0 fully saturated rings. The van der Waals surface area contributed by atoms with E-state index < -0.39 is 15.9 Å². The molecule has 0 unspecified atom stereocenters. The number of fused-ring (bicyclic) bond motifs is 1. The summed E-state index contributed by atoms with van der Waals surface area (Å²) < 4.78 is 31.4. The number of aromatic nitrogens is 1. The minimum Gasteiger partial charge on any atom is -0.439 e. The summed E-state index contributed by atoms with van der Waals surface area (Å²) in [5.74, 6) is 0.121. The average Bonchev–Trinajstić information content (AvgIpc) is 3.14. The standard InChI is InChI=1S/C17H12N2O4S/c20-17-13-8-4-5-9-15(13)24(21,22)19(17)11-16-18-10-14(23-16)12-6-2-1-3-7-12/h1-10H,11H2. The molecule has 0 atom stereocenters. The molecule has 2 aromatic carbocycles. The zero-order valence-electron chi connectivity index (χ0n) is 12.4. The van der Waals surface area contributed by atoms with Crippen LogP contribution in [0.25, 0.3) is 11.3 Å². The second-order valence-corrected chi connectivity index (χ2v) is 7.13. The maximum atomic E-state index is 12.5. The fourth-order valence-electron chi connectivity index (χ4n) is 2.63. The minimum absolute atomic E-state index is 0.0184. The van der Waals surface area contributed by atoms with Crippen LogP contribution in [0.3, 0.4) is 0 Å². The van der Waals surface area contributed by atoms with E-state index in [-0.39, 0.29) is 22.9 Å². The number of oxazole rings is 1. The minimum atomic E-state index is -3.87. The SMILES string of the molecule is O=C1c2ccccc2S(=O)(=O)N1Cc1ncc(-c2ccccc2)o1. The third-order valence-electron chi connectivity index (χ3n) is 3.80. The van der Waals surface area contributed by atoms with Crippen molar-refractivity contribution in [2.75, 3.05) is 0 Å². The second kappa shape index (κ2) is 5.31. The first-order valence-electron chi connectivity index (χ1n) is 7.23. The van der Waals surface area contributed by atoms with Crippen LogP contribution in [0.2, 0.25) is 0 Å². The third-order valence-corrected chi connectivity index (χ3v) is 5.59. The molecule has 120 valence electrons. The monoisotopic (exact) mass is 340 g/mol. The van der Waals surface area contributed by atoms with Gasteiger partial charge < -0.3 is 4.42 Å². The fourth-order valence-corrected chi connectivity index (χ4v) is 4.15. The van der Waals surface area contributed by atoms with E-state index >= 15 is 0 Å². The van der Waals surface area contributed by atoms with Crippen LogP contribution >= 0.6 is 0 Å². The molecule has 0 bridgehead atoms. The molecule has 1 aromatic heterocycles. The summed E-state index contributed by atoms with van der Waals surface area (Å²) in [7, 11) is -3.87. The molecule has 1 amide bonds. The molecule has 0 saturated carbocycles. The highest BCUT2D eigenvalue weighted by Gasteiger charge is 2.41. The van der Waals surface area contributed by atoms with Crippen LogP contribution in [0.5, 0.6) is 0 Å². The van der Waals surface area contributed by atoms with Crippen molar-refractivity contribution in [1.29, 1.82) is 0 Å². The van der Waals surface area contributed by atoms with Crippen LogP contribution in [0.15, 0.2) is 70.1 Å². The normalized spacial score (nSPS) is 15.5. The predicted molar refractivity (Wildman–Crippen MR) is 85.4 cm³/mol. The zero-order valence-corrected chi connectivity index (χ0v) is 13.2. The molecule has 0 saturated heterocycles. The van der Waals surface area contributed by atoms with E-state index in [0.717, 1.165) is 9.87 Å². The van der Waals surface area contributed by atoms with Crippen molar-refractivity contribution in [3.8, 4) is 11.3 Å². The Morgan fingerprint density at radius 2 is 1.71 bits per heavy atom. The lowest BCUT2D eigenvalue weighted by molar-refractivity contribution is 0.0857. The van der Waals surface area contributed by atoms with Gasteiger partial charge in [0.05, 0.1) is 11.8 Å². The van der Waals surface area contributed by atoms with E-state index in [1.807, 2.05) is 30.3 Å². The number of amides is 1. The molecule has 1 aliphatic rings. The summed E-state index contributed by atoms with van der Waals surface area (Å²) >= 11 is 0. The zero-order chi connectivity index (χ0) is 16.7. The maximum absolute atomic E-state index is 12.5. The number of hydrogen-bond donors (Lipinski definition) is 0. The van der Waals surface area contributed by atoms with Crippen molar-refractivity contribution in [2.45, 2.75) is 11.4 Å². The molecule has 0 radical (unpaired) electrons. The highest BCUT2D eigenvalue weighted by atomic mass is 32.2. The van der Waals surface area contributed by atoms with E-state index in [2.05, 4.69) is 4.98 Å². The van der Waals surface area contributed by atoms with E-state index in [1.54, 1.807) is 12.1 Å². The van der Waals surface area contributed by atoms with Crippen molar-refractivity contribution >= 4 is 15.9 Å². The first-order chi connectivity index (χ1) is 11.6. The topological polar surface area (TPSA) is 80.5 Å². The lowest BCUT2D eigenvalue weighted by atomic mass is 10.2. The molecule has 7 heteroatoms. The van der Waals surface area contributed by atoms with E-state index in [1.165, 1.54) is 18.3 Å². The Kier molecular flexibility index (Phi) is 3.24. The number of hydrogen-bond acceptors (Lipinski definition) is 5. The Balaban J connectivity index is 1.66. The third kappa shape index (κ3) is 2.21. The summed E-state index contributed by atoms with van der Waals surface area (Å²) in [6.07, 6.45) is 1.52. The van der Waals surface area contributed by atoms with Gasteiger partial charge in [0.2, 0.25) is 5.89 Å². The van der Waals surface area contributed by atoms with Gasteiger partial charge in [-0.2, -0.15) is 0 Å². The Hall–Kier alpha value is -2.93. The van der Waals surface area contributed by atoms with E-state index in [9.17, 15) is 13.2 Å². The molecule has 0 N–H and O–H groups in total. The van der Waals surface area contributed by atoms with Gasteiger partial charge in [-0.1, -0.05) is 42.5 Å². The van der Waals surface area contributed by atoms with Gasteiger partial charge in [0.15, 0.2) is 5.76 Å². The Bertz CT molecular complexity index is 1030. The lowest BCUT2D eigenvalue weighted by Gasteiger charge is -2.12. The number of sulfonamides is 1. The molecule has 4 rings (SSSR count). The number of carbonyl (C=O) groups excluding carboxylic acids is 1. The lowest BCUT2D eigenvalue weighted by Crippen LogP contribution is -2.29. The molecule has 0 aliphatic carbocycles. The van der Waals surface area contributed by atoms with Gasteiger partial charge in [0.1, 0.15) is 11.4 Å². The number of carbonyl (C=O) groups is 1. The van der Waals surface area contributed by atoms with Gasteiger partial charge in [-0.15, -0.1) is 0 Å². The van der Waals surface area contributed by atoms with Crippen LogP contribution in [0, 0.1) is 0 Å². The molecule has 6 nitrogen and oxygen atoms in total. The van der Waals surface area contributed by atoms with Gasteiger partial charge >= 0.3 is 0 Å². The molecule has 24 heavy (non-hydrogen) atoms. The van der Waals surface area contributed by atoms with Crippen LogP contribution in [-0.2, 0) is 16.6 Å². The highest BCUT2D eigenvalue weighted by Crippen LogP contribution is 2.31. The average molecular weight is 340 g/mol. The summed E-state index contributed by atoms with van der Waals surface area (Å²) in [5.41, 5.74) is 1.00. The second-order valence-electron chi connectivity index (χ2n) is 5.30. The smallest absolute Gasteiger partial charge is 0.269 e. The Morgan fingerprint density at radius 1 is 1.00 bits per heavy atom. The van der Waals surface area contributed by atoms with Crippen molar-refractivity contribution in [1.82, 2.24) is 9.29 Å². The number of benzene rings is 2. The number of rotatable bonds is 3. The summed E-state index contributed by atoms with van der Waals surface area (Å²) in [5, 5.41) is 0. The first-order valence-corrected chi connectivity index (χ1v) is 8.67. The van der Waals surface area contributed by atoms with E-state index in [0.29, 0.717) is 5.76 Å². The molecule has 1 aliphatic heterocycles. The molecule has 2 heterocycles. The van der Waals surface area contributed by atoms with Crippen LogP contribution in [-0.4, -0.2) is 23.6 Å². The van der Waals surface area contributed by atoms with Gasteiger partial charge in [0.25, 0.3) is 15.9 Å². The quantitative estimate of drug-likeness (QED) is 0.732. The van der Waals surface area contributed by atoms with Crippen LogP contribution in [0.1, 0.15) is 16.2 Å². The van der Waals surface area contributed by atoms with Crippen LogP contribution in [0.4, 0.5) is 0 Å². The molecular formula is C17H12N2O4S. The molecule has 0 spiro atoms. The van der Waals surface area contributed by atoms with Gasteiger partial charge in [-0.05, 0) is 12.1 Å². The Morgan fingerprint density at radius 3 is 2.46 bits per heavy atom. The highest BCUT2D eigenvalue weighted by molar-refractivity contribution is 7.90. The fraction of sp³-hybridized carbons (Fsp3) is 0.0588.